The highest BCUT2D eigenvalue weighted by Crippen LogP contribution is 2.39. The monoisotopic (exact) mass is 279 g/mol. The van der Waals surface area contributed by atoms with Gasteiger partial charge < -0.3 is 9.64 Å². The molecule has 0 saturated carbocycles. The van der Waals surface area contributed by atoms with Gasteiger partial charge in [0.25, 0.3) is 0 Å². The Morgan fingerprint density at radius 2 is 2.16 bits per heavy atom. The van der Waals surface area contributed by atoms with E-state index in [1.54, 1.807) is 6.20 Å². The van der Waals surface area contributed by atoms with Crippen molar-refractivity contribution < 1.29 is 4.74 Å². The number of guanidine groups is 1. The largest absolute Gasteiger partial charge is 0.381 e. The number of ether oxygens (including phenoxy) is 1. The van der Waals surface area contributed by atoms with Crippen molar-refractivity contribution in [3.05, 3.63) is 11.5 Å². The third-order valence-electron chi connectivity index (χ3n) is 3.83. The van der Waals surface area contributed by atoms with Crippen LogP contribution in [0.25, 0.3) is 0 Å². The molecule has 0 bridgehead atoms. The molecule has 3 aliphatic rings. The number of aromatic nitrogens is 2. The first-order valence-corrected chi connectivity index (χ1v) is 6.94. The zero-order valence-corrected chi connectivity index (χ0v) is 11.2. The third-order valence-corrected chi connectivity index (χ3v) is 4.01. The summed E-state index contributed by atoms with van der Waals surface area (Å²) in [6, 6.07) is 0.389. The Balaban J connectivity index is 1.78. The molecule has 1 saturated heterocycles. The zero-order valence-electron chi connectivity index (χ0n) is 10.4. The molecular weight excluding hydrogens is 266 g/mol. The van der Waals surface area contributed by atoms with Crippen LogP contribution in [0.1, 0.15) is 12.8 Å². The van der Waals surface area contributed by atoms with Gasteiger partial charge in [0.15, 0.2) is 5.82 Å². The Morgan fingerprint density at radius 3 is 3.00 bits per heavy atom. The molecule has 4 rings (SSSR count). The molecule has 0 radical (unpaired) electrons. The second-order valence-corrected chi connectivity index (χ2v) is 5.23. The molecule has 0 N–H and O–H groups in total. The first-order chi connectivity index (χ1) is 9.34. The maximum absolute atomic E-state index is 5.95. The summed E-state index contributed by atoms with van der Waals surface area (Å²) in [5.41, 5.74) is 1.02. The molecule has 1 aromatic rings. The van der Waals surface area contributed by atoms with Crippen LogP contribution in [0.2, 0.25) is 5.28 Å². The number of aliphatic imine (C=N–C) groups is 1. The van der Waals surface area contributed by atoms with Gasteiger partial charge in [0.1, 0.15) is 5.69 Å². The first-order valence-electron chi connectivity index (χ1n) is 6.56. The smallest absolute Gasteiger partial charge is 0.224 e. The van der Waals surface area contributed by atoms with Crippen LogP contribution in [0.3, 0.4) is 0 Å². The van der Waals surface area contributed by atoms with Gasteiger partial charge in [0.05, 0.1) is 12.7 Å². The molecular formula is C12H14ClN5O. The summed E-state index contributed by atoms with van der Waals surface area (Å²) in [5, 5.41) is 0.289. The standard InChI is InChI=1S/C12H14ClN5O/c13-11-15-7-9-10(16-11)18(8-1-5-19-6-2-8)12-14-3-4-17(9)12/h7-8H,1-6H2. The number of fused-ring (bicyclic) bond motifs is 3. The maximum Gasteiger partial charge on any atom is 0.224 e. The average Bonchev–Trinajstić information content (AvgIpc) is 2.99. The van der Waals surface area contributed by atoms with Gasteiger partial charge in [-0.1, -0.05) is 0 Å². The van der Waals surface area contributed by atoms with Gasteiger partial charge in [-0.25, -0.2) is 4.98 Å². The normalized spacial score (nSPS) is 22.5. The number of halogens is 1. The van der Waals surface area contributed by atoms with Gasteiger partial charge in [-0.05, 0) is 24.4 Å². The molecule has 100 valence electrons. The molecule has 0 spiro atoms. The number of rotatable bonds is 1. The van der Waals surface area contributed by atoms with E-state index in [2.05, 4.69) is 24.8 Å². The van der Waals surface area contributed by atoms with Gasteiger partial charge in [-0.2, -0.15) is 4.98 Å². The van der Waals surface area contributed by atoms with Crippen molar-refractivity contribution in [3.63, 3.8) is 0 Å². The summed E-state index contributed by atoms with van der Waals surface area (Å²) in [6.45, 7) is 3.31. The van der Waals surface area contributed by atoms with Crippen LogP contribution < -0.4 is 9.80 Å². The number of anilines is 2. The minimum atomic E-state index is 0.289. The highest BCUT2D eigenvalue weighted by atomic mass is 35.5. The van der Waals surface area contributed by atoms with Crippen LogP contribution in [0.4, 0.5) is 11.5 Å². The van der Waals surface area contributed by atoms with E-state index < -0.39 is 0 Å². The van der Waals surface area contributed by atoms with Gasteiger partial charge in [-0.3, -0.25) is 9.89 Å². The van der Waals surface area contributed by atoms with E-state index in [0.717, 1.165) is 56.6 Å². The van der Waals surface area contributed by atoms with Crippen LogP contribution in [0, 0.1) is 0 Å². The Hall–Kier alpha value is -1.40. The summed E-state index contributed by atoms with van der Waals surface area (Å²) in [7, 11) is 0. The van der Waals surface area contributed by atoms with Crippen LogP contribution in [0.15, 0.2) is 11.2 Å². The quantitative estimate of drug-likeness (QED) is 0.726. The first kappa shape index (κ1) is 11.4. The lowest BCUT2D eigenvalue weighted by molar-refractivity contribution is 0.0870. The van der Waals surface area contributed by atoms with Crippen molar-refractivity contribution in [2.24, 2.45) is 4.99 Å². The van der Waals surface area contributed by atoms with E-state index in [1.807, 2.05) is 0 Å². The van der Waals surface area contributed by atoms with Crippen LogP contribution in [0.5, 0.6) is 0 Å². The Labute approximate surface area is 116 Å². The summed E-state index contributed by atoms with van der Waals surface area (Å²) in [6.07, 6.45) is 3.78. The van der Waals surface area contributed by atoms with Crippen LogP contribution in [-0.4, -0.2) is 48.3 Å². The second-order valence-electron chi connectivity index (χ2n) is 4.89. The highest BCUT2D eigenvalue weighted by Gasteiger charge is 2.41. The molecule has 7 heteroatoms. The third kappa shape index (κ3) is 1.70. The van der Waals surface area contributed by atoms with Crippen molar-refractivity contribution in [2.75, 3.05) is 36.1 Å². The minimum Gasteiger partial charge on any atom is -0.381 e. The molecule has 0 aliphatic carbocycles. The lowest BCUT2D eigenvalue weighted by Crippen LogP contribution is -2.45. The molecule has 1 fully saturated rings. The van der Waals surface area contributed by atoms with Crippen molar-refractivity contribution >= 4 is 29.1 Å². The lowest BCUT2D eigenvalue weighted by Gasteiger charge is -2.31. The van der Waals surface area contributed by atoms with Crippen LogP contribution >= 0.6 is 11.6 Å². The van der Waals surface area contributed by atoms with Crippen molar-refractivity contribution in [1.29, 1.82) is 0 Å². The van der Waals surface area contributed by atoms with Crippen molar-refractivity contribution in [1.82, 2.24) is 9.97 Å². The Bertz CT molecular complexity index is 543. The molecule has 3 aliphatic heterocycles. The van der Waals surface area contributed by atoms with Crippen molar-refractivity contribution in [2.45, 2.75) is 18.9 Å². The number of nitrogens with zero attached hydrogens (tertiary/aromatic N) is 5. The molecule has 0 amide bonds. The fraction of sp³-hybridized carbons (Fsp3) is 0.583. The highest BCUT2D eigenvalue weighted by molar-refractivity contribution is 6.28. The van der Waals surface area contributed by atoms with Gasteiger partial charge >= 0.3 is 0 Å². The summed E-state index contributed by atoms with van der Waals surface area (Å²) >= 11 is 5.95. The average molecular weight is 280 g/mol. The molecule has 4 heterocycles. The predicted octanol–water partition coefficient (Wildman–Crippen LogP) is 1.30. The molecule has 0 atom stereocenters. The van der Waals surface area contributed by atoms with Crippen LogP contribution in [-0.2, 0) is 4.74 Å². The fourth-order valence-corrected chi connectivity index (χ4v) is 3.09. The van der Waals surface area contributed by atoms with E-state index in [1.165, 1.54) is 0 Å². The predicted molar refractivity (Wildman–Crippen MR) is 73.0 cm³/mol. The second kappa shape index (κ2) is 4.31. The van der Waals surface area contributed by atoms with Crippen molar-refractivity contribution in [3.8, 4) is 0 Å². The van der Waals surface area contributed by atoms with E-state index in [4.69, 9.17) is 16.3 Å². The van der Waals surface area contributed by atoms with Gasteiger partial charge in [0.2, 0.25) is 11.2 Å². The topological polar surface area (TPSA) is 53.9 Å². The van der Waals surface area contributed by atoms with E-state index in [-0.39, 0.29) is 5.28 Å². The minimum absolute atomic E-state index is 0.289. The summed E-state index contributed by atoms with van der Waals surface area (Å²) in [5.74, 6) is 1.89. The zero-order chi connectivity index (χ0) is 12.8. The lowest BCUT2D eigenvalue weighted by atomic mass is 10.1. The molecule has 1 aromatic heterocycles. The van der Waals surface area contributed by atoms with Gasteiger partial charge in [-0.15, -0.1) is 0 Å². The summed E-state index contributed by atoms with van der Waals surface area (Å²) in [4.78, 5) is 17.5. The molecule has 6 nitrogen and oxygen atoms in total. The fourth-order valence-electron chi connectivity index (χ4n) is 2.96. The molecule has 0 aromatic carbocycles. The number of hydrogen-bond donors (Lipinski definition) is 0. The molecule has 0 unspecified atom stereocenters. The maximum atomic E-state index is 5.95. The summed E-state index contributed by atoms with van der Waals surface area (Å²) < 4.78 is 5.44. The van der Waals surface area contributed by atoms with Gasteiger partial charge in [0, 0.05) is 25.8 Å². The van der Waals surface area contributed by atoms with E-state index in [0.29, 0.717) is 6.04 Å². The number of hydrogen-bond acceptors (Lipinski definition) is 6. The van der Waals surface area contributed by atoms with E-state index >= 15 is 0 Å². The SMILES string of the molecule is Clc1ncc2c(n1)N(C1CCOCC1)C1=NCCN12. The Morgan fingerprint density at radius 1 is 1.32 bits per heavy atom. The van der Waals surface area contributed by atoms with E-state index in [9.17, 15) is 0 Å². The Kier molecular flexibility index (Phi) is 2.60. The molecule has 19 heavy (non-hydrogen) atoms.